The first kappa shape index (κ1) is 7.68. The van der Waals surface area contributed by atoms with Crippen molar-refractivity contribution in [2.75, 3.05) is 0 Å². The van der Waals surface area contributed by atoms with Crippen LogP contribution in [0.1, 0.15) is 6.92 Å². The number of rotatable bonds is 1. The summed E-state index contributed by atoms with van der Waals surface area (Å²) in [5, 5.41) is 3.14. The Hall–Kier alpha value is -0.422. The Balaban J connectivity index is 2.77. The number of hydrogen-bond acceptors (Lipinski definition) is 1. The third-order valence-electron chi connectivity index (χ3n) is 1.23. The molecule has 10 heavy (non-hydrogen) atoms. The molecule has 0 aliphatic carbocycles. The summed E-state index contributed by atoms with van der Waals surface area (Å²) in [6.07, 6.45) is 8.22. The summed E-state index contributed by atoms with van der Waals surface area (Å²) in [4.78, 5) is 0. The van der Waals surface area contributed by atoms with E-state index in [1.54, 1.807) is 0 Å². The average molecular weight is 303 g/mol. The normalized spacial score (nSPS) is 20.1. The first-order valence-corrected chi connectivity index (χ1v) is 4.79. The van der Waals surface area contributed by atoms with Crippen LogP contribution in [0, 0.1) is 0 Å². The zero-order valence-corrected chi connectivity index (χ0v) is 8.73. The zero-order chi connectivity index (χ0) is 7.40. The van der Waals surface area contributed by atoms with Crippen molar-refractivity contribution in [3.8, 4) is 0 Å². The molecule has 0 atom stereocenters. The molecule has 0 amide bonds. The van der Waals surface area contributed by atoms with Crippen molar-refractivity contribution in [3.05, 3.63) is 35.7 Å². The molecule has 0 aromatic rings. The van der Waals surface area contributed by atoms with E-state index < -0.39 is 0 Å². The molecule has 1 rings (SSSR count). The molecule has 1 heterocycles. The summed E-state index contributed by atoms with van der Waals surface area (Å²) in [7, 11) is 0. The molecule has 1 nitrogen and oxygen atoms in total. The summed E-state index contributed by atoms with van der Waals surface area (Å²) >= 11 is 1.48. The first-order chi connectivity index (χ1) is 4.83. The van der Waals surface area contributed by atoms with Gasteiger partial charge in [-0.1, -0.05) is 0 Å². The van der Waals surface area contributed by atoms with Crippen LogP contribution in [0.2, 0.25) is 0 Å². The summed E-state index contributed by atoms with van der Waals surface area (Å²) in [5.74, 6) is 0. The molecule has 0 unspecified atom stereocenters. The molecule has 0 saturated heterocycles. The van der Waals surface area contributed by atoms with E-state index in [-0.39, 0.29) is 0 Å². The monoisotopic (exact) mass is 303 g/mol. The van der Waals surface area contributed by atoms with Crippen LogP contribution in [0.3, 0.4) is 0 Å². The number of hydrogen-bond donors (Lipinski definition) is 1. The molecule has 1 aliphatic heterocycles. The summed E-state index contributed by atoms with van der Waals surface area (Å²) < 4.78 is 2.10. The van der Waals surface area contributed by atoms with Gasteiger partial charge in [0.1, 0.15) is 0 Å². The number of allylic oxidation sites excluding steroid dienone is 4. The second kappa shape index (κ2) is 3.67. The topological polar surface area (TPSA) is 12.0 Å². The zero-order valence-electron chi connectivity index (χ0n) is 5.79. The van der Waals surface area contributed by atoms with Gasteiger partial charge in [-0.3, -0.25) is 0 Å². The van der Waals surface area contributed by atoms with E-state index in [9.17, 15) is 0 Å². The van der Waals surface area contributed by atoms with Crippen molar-refractivity contribution >= 4 is 4.40 Å². The van der Waals surface area contributed by atoms with Gasteiger partial charge in [0, 0.05) is 0 Å². The van der Waals surface area contributed by atoms with Crippen LogP contribution >= 0.6 is 0 Å². The molecule has 0 saturated carbocycles. The van der Waals surface area contributed by atoms with Gasteiger partial charge in [-0.2, -0.15) is 0 Å². The van der Waals surface area contributed by atoms with E-state index in [0.29, 0.717) is 0 Å². The van der Waals surface area contributed by atoms with Crippen LogP contribution in [0.15, 0.2) is 35.7 Å². The fraction of sp³-hybridized carbons (Fsp3) is 0.125. The van der Waals surface area contributed by atoms with Gasteiger partial charge in [0.2, 0.25) is 0 Å². The van der Waals surface area contributed by atoms with Gasteiger partial charge < -0.3 is 0 Å². The average Bonchev–Trinajstić information content (AvgIpc) is 1.88. The second-order valence-corrected chi connectivity index (χ2v) is 3.10. The van der Waals surface area contributed by atoms with E-state index in [0.717, 1.165) is 0 Å². The molecule has 0 bridgehead atoms. The molecule has 0 aromatic heterocycles. The van der Waals surface area contributed by atoms with Crippen molar-refractivity contribution < 1.29 is 19.4 Å². The molecule has 0 fully saturated rings. The third kappa shape index (κ3) is 2.07. The molecule has 52 valence electrons. The van der Waals surface area contributed by atoms with E-state index >= 15 is 0 Å². The van der Waals surface area contributed by atoms with Crippen molar-refractivity contribution in [2.45, 2.75) is 6.92 Å². The van der Waals surface area contributed by atoms with E-state index in [1.807, 2.05) is 6.20 Å². The maximum atomic E-state index is 3.14. The minimum atomic E-state index is 1.18. The molecule has 0 radical (unpaired) electrons. The maximum absolute atomic E-state index is 3.14. The van der Waals surface area contributed by atoms with Crippen LogP contribution in [-0.2, 0) is 19.4 Å². The van der Waals surface area contributed by atoms with Crippen LogP contribution in [0.4, 0.5) is 0 Å². The summed E-state index contributed by atoms with van der Waals surface area (Å²) in [5.41, 5.74) is 2.47. The first-order valence-electron chi connectivity index (χ1n) is 3.10. The van der Waals surface area contributed by atoms with Crippen LogP contribution in [0.25, 0.3) is 0 Å². The van der Waals surface area contributed by atoms with Crippen LogP contribution in [-0.4, -0.2) is 4.40 Å². The predicted octanol–water partition coefficient (Wildman–Crippen LogP) is 1.28. The van der Waals surface area contributed by atoms with Gasteiger partial charge in [-0.15, -0.1) is 0 Å². The Morgan fingerprint density at radius 2 is 2.40 bits per heavy atom. The van der Waals surface area contributed by atoms with Crippen molar-refractivity contribution in [2.24, 2.45) is 0 Å². The summed E-state index contributed by atoms with van der Waals surface area (Å²) in [6.45, 7) is 2.09. The number of dihydropyridines is 1. The van der Waals surface area contributed by atoms with Crippen LogP contribution in [0.5, 0.6) is 0 Å². The van der Waals surface area contributed by atoms with Crippen molar-refractivity contribution in [1.29, 1.82) is 0 Å². The Bertz CT molecular complexity index is 223. The van der Waals surface area contributed by atoms with E-state index in [4.69, 9.17) is 0 Å². The Labute approximate surface area is 71.9 Å². The molecule has 0 spiro atoms. The molecule has 0 aromatic carbocycles. The van der Waals surface area contributed by atoms with Crippen molar-refractivity contribution in [1.82, 2.24) is 5.32 Å². The standard InChI is InChI=1S/C8H9N.W/c1-3-8-6-7(2)4-5-9-8;/h1,3-6,9H,2H3;/b8-3-;. The van der Waals surface area contributed by atoms with Gasteiger partial charge in [-0.25, -0.2) is 0 Å². The fourth-order valence-electron chi connectivity index (χ4n) is 0.774. The van der Waals surface area contributed by atoms with Gasteiger partial charge in [-0.05, 0) is 0 Å². The Morgan fingerprint density at radius 3 is 3.00 bits per heavy atom. The van der Waals surface area contributed by atoms with Gasteiger partial charge in [0.25, 0.3) is 0 Å². The SMILES string of the molecule is CC1=C/C(=C/[CH]=[W])NC=C1. The van der Waals surface area contributed by atoms with Gasteiger partial charge in [0.05, 0.1) is 0 Å². The third-order valence-corrected chi connectivity index (χ3v) is 1.72. The predicted molar refractivity (Wildman–Crippen MR) is 40.2 cm³/mol. The number of nitrogens with one attached hydrogen (secondary N) is 1. The summed E-state index contributed by atoms with van der Waals surface area (Å²) in [6, 6.07) is 0. The molecular weight excluding hydrogens is 294 g/mol. The molecule has 1 aliphatic rings. The minimum absolute atomic E-state index is 1.18. The van der Waals surface area contributed by atoms with Crippen molar-refractivity contribution in [3.63, 3.8) is 0 Å². The quantitative estimate of drug-likeness (QED) is 0.769. The Morgan fingerprint density at radius 1 is 1.60 bits per heavy atom. The van der Waals surface area contributed by atoms with Crippen LogP contribution < -0.4 is 5.32 Å². The molecule has 2 heteroatoms. The molecular formula is C8H9NW. The van der Waals surface area contributed by atoms with E-state index in [1.165, 1.54) is 30.6 Å². The van der Waals surface area contributed by atoms with Gasteiger partial charge in [0.15, 0.2) is 0 Å². The molecule has 1 N–H and O–H groups in total. The fourth-order valence-corrected chi connectivity index (χ4v) is 1.30. The van der Waals surface area contributed by atoms with E-state index in [2.05, 4.69) is 34.9 Å². The van der Waals surface area contributed by atoms with Gasteiger partial charge >= 0.3 is 71.7 Å². The Kier molecular flexibility index (Phi) is 2.82. The second-order valence-electron chi connectivity index (χ2n) is 2.12.